The van der Waals surface area contributed by atoms with Crippen molar-refractivity contribution in [3.8, 4) is 5.75 Å². The number of benzene rings is 1. The van der Waals surface area contributed by atoms with Gasteiger partial charge in [0.05, 0.1) is 4.91 Å². The zero-order chi connectivity index (χ0) is 17.9. The van der Waals surface area contributed by atoms with Gasteiger partial charge in [0.2, 0.25) is 0 Å². The fourth-order valence-electron chi connectivity index (χ4n) is 2.12. The largest absolute Gasteiger partial charge is 0.507 e. The number of carbonyl (C=O) groups is 3. The van der Waals surface area contributed by atoms with Crippen molar-refractivity contribution in [2.24, 2.45) is 0 Å². The highest BCUT2D eigenvalue weighted by Crippen LogP contribution is 2.36. The number of thiocarbonyl (C=S) groups is 1. The van der Waals surface area contributed by atoms with Gasteiger partial charge in [-0.15, -0.1) is 0 Å². The molecule has 9 heteroatoms. The minimum atomic E-state index is -1.34. The number of phenols is 1. The molecular formula is C15H13NO6S2. The molecule has 1 amide bonds. The number of carboxylic acids is 2. The van der Waals surface area contributed by atoms with Crippen molar-refractivity contribution in [1.29, 1.82) is 0 Å². The van der Waals surface area contributed by atoms with E-state index in [-0.39, 0.29) is 21.4 Å². The van der Waals surface area contributed by atoms with Crippen LogP contribution in [-0.2, 0) is 14.4 Å². The van der Waals surface area contributed by atoms with Crippen LogP contribution in [0.15, 0.2) is 29.2 Å². The summed E-state index contributed by atoms with van der Waals surface area (Å²) in [4.78, 5) is 35.6. The molecule has 126 valence electrons. The number of hydrogen-bond acceptors (Lipinski definition) is 6. The maximum atomic E-state index is 12.5. The van der Waals surface area contributed by atoms with Gasteiger partial charge < -0.3 is 15.3 Å². The van der Waals surface area contributed by atoms with Crippen LogP contribution in [0.25, 0.3) is 6.08 Å². The number of aliphatic carboxylic acids is 2. The van der Waals surface area contributed by atoms with E-state index >= 15 is 0 Å². The lowest BCUT2D eigenvalue weighted by atomic mass is 10.1. The summed E-state index contributed by atoms with van der Waals surface area (Å²) in [6.07, 6.45) is 0.776. The first-order valence-electron chi connectivity index (χ1n) is 6.81. The fraction of sp³-hybridized carbons (Fsp3) is 0.200. The van der Waals surface area contributed by atoms with Crippen LogP contribution < -0.4 is 0 Å². The third-order valence-corrected chi connectivity index (χ3v) is 4.61. The Morgan fingerprint density at radius 1 is 1.29 bits per heavy atom. The SMILES string of the molecule is O=C(O)CCC(C(=O)O)N1C(=O)/C(=C/c2ccccc2O)SC1=S. The molecule has 0 aromatic heterocycles. The van der Waals surface area contributed by atoms with Crippen molar-refractivity contribution in [3.05, 3.63) is 34.7 Å². The van der Waals surface area contributed by atoms with Crippen molar-refractivity contribution >= 4 is 52.2 Å². The number of carbonyl (C=O) groups excluding carboxylic acids is 1. The first kappa shape index (κ1) is 18.0. The Morgan fingerprint density at radius 2 is 1.96 bits per heavy atom. The Morgan fingerprint density at radius 3 is 2.54 bits per heavy atom. The number of phenolic OH excluding ortho intramolecular Hbond substituents is 1. The standard InChI is InChI=1S/C15H13NO6S2/c17-10-4-2-1-3-8(10)7-11-13(20)16(15(23)24-11)9(14(21)22)5-6-12(18)19/h1-4,7,9,17H,5-6H2,(H,18,19)(H,21,22)/b11-7-. The minimum absolute atomic E-state index is 0.0246. The van der Waals surface area contributed by atoms with E-state index in [0.29, 0.717) is 5.56 Å². The summed E-state index contributed by atoms with van der Waals surface area (Å²) in [5.74, 6) is -3.12. The minimum Gasteiger partial charge on any atom is -0.507 e. The van der Waals surface area contributed by atoms with Gasteiger partial charge >= 0.3 is 11.9 Å². The molecular weight excluding hydrogens is 354 g/mol. The lowest BCUT2D eigenvalue weighted by molar-refractivity contribution is -0.146. The average Bonchev–Trinajstić information content (AvgIpc) is 2.77. The van der Waals surface area contributed by atoms with Gasteiger partial charge in [-0.05, 0) is 18.6 Å². The molecule has 3 N–H and O–H groups in total. The Hall–Kier alpha value is -2.39. The van der Waals surface area contributed by atoms with E-state index in [9.17, 15) is 24.6 Å². The fourth-order valence-corrected chi connectivity index (χ4v) is 3.47. The van der Waals surface area contributed by atoms with Gasteiger partial charge in [0.25, 0.3) is 5.91 Å². The third-order valence-electron chi connectivity index (χ3n) is 3.28. The van der Waals surface area contributed by atoms with Crippen LogP contribution in [0.2, 0.25) is 0 Å². The van der Waals surface area contributed by atoms with Gasteiger partial charge in [-0.25, -0.2) is 4.79 Å². The zero-order valence-corrected chi connectivity index (χ0v) is 13.8. The molecule has 0 aliphatic carbocycles. The van der Waals surface area contributed by atoms with E-state index in [2.05, 4.69) is 0 Å². The second-order valence-electron chi connectivity index (χ2n) is 4.90. The summed E-state index contributed by atoms with van der Waals surface area (Å²) in [7, 11) is 0. The number of carboxylic acid groups (broad SMARTS) is 2. The summed E-state index contributed by atoms with van der Waals surface area (Å²) < 4.78 is 0.0412. The molecule has 1 saturated heterocycles. The quantitative estimate of drug-likeness (QED) is 0.516. The Kier molecular flexibility index (Phi) is 5.58. The molecule has 1 aliphatic rings. The molecule has 2 rings (SSSR count). The third kappa shape index (κ3) is 3.92. The van der Waals surface area contributed by atoms with Crippen LogP contribution >= 0.6 is 24.0 Å². The monoisotopic (exact) mass is 367 g/mol. The lowest BCUT2D eigenvalue weighted by Gasteiger charge is -2.22. The smallest absolute Gasteiger partial charge is 0.326 e. The molecule has 0 spiro atoms. The number of nitrogens with zero attached hydrogens (tertiary/aromatic N) is 1. The highest BCUT2D eigenvalue weighted by atomic mass is 32.2. The molecule has 1 aromatic carbocycles. The van der Waals surface area contributed by atoms with Gasteiger partial charge in [-0.1, -0.05) is 42.2 Å². The summed E-state index contributed by atoms with van der Waals surface area (Å²) in [5.41, 5.74) is 0.399. The summed E-state index contributed by atoms with van der Waals surface area (Å²) in [6.45, 7) is 0. The summed E-state index contributed by atoms with van der Waals surface area (Å²) in [5, 5.41) is 27.8. The number of para-hydroxylation sites is 1. The van der Waals surface area contributed by atoms with Crippen molar-refractivity contribution < 1.29 is 29.7 Å². The average molecular weight is 367 g/mol. The number of hydrogen-bond donors (Lipinski definition) is 3. The van der Waals surface area contributed by atoms with Crippen molar-refractivity contribution in [2.45, 2.75) is 18.9 Å². The van der Waals surface area contributed by atoms with Gasteiger partial charge in [-0.3, -0.25) is 14.5 Å². The molecule has 1 heterocycles. The van der Waals surface area contributed by atoms with Gasteiger partial charge in [0.1, 0.15) is 16.1 Å². The molecule has 7 nitrogen and oxygen atoms in total. The van der Waals surface area contributed by atoms with E-state index in [1.54, 1.807) is 18.2 Å². The van der Waals surface area contributed by atoms with Crippen LogP contribution in [0, 0.1) is 0 Å². The number of amides is 1. The molecule has 0 radical (unpaired) electrons. The van der Waals surface area contributed by atoms with Crippen LogP contribution in [-0.4, -0.2) is 48.4 Å². The molecule has 1 aliphatic heterocycles. The molecule has 0 bridgehead atoms. The highest BCUT2D eigenvalue weighted by molar-refractivity contribution is 8.26. The van der Waals surface area contributed by atoms with E-state index in [1.807, 2.05) is 0 Å². The van der Waals surface area contributed by atoms with Crippen LogP contribution in [0.1, 0.15) is 18.4 Å². The van der Waals surface area contributed by atoms with E-state index in [1.165, 1.54) is 12.1 Å². The molecule has 1 unspecified atom stereocenters. The maximum absolute atomic E-state index is 12.5. The summed E-state index contributed by atoms with van der Waals surface area (Å²) >= 11 is 5.99. The topological polar surface area (TPSA) is 115 Å². The first-order chi connectivity index (χ1) is 11.3. The van der Waals surface area contributed by atoms with Gasteiger partial charge in [-0.2, -0.15) is 0 Å². The van der Waals surface area contributed by atoms with Crippen LogP contribution in [0.4, 0.5) is 0 Å². The van der Waals surface area contributed by atoms with Crippen molar-refractivity contribution in [3.63, 3.8) is 0 Å². The Labute approximate surface area is 146 Å². The maximum Gasteiger partial charge on any atom is 0.326 e. The van der Waals surface area contributed by atoms with E-state index < -0.39 is 30.3 Å². The molecule has 1 atom stereocenters. The zero-order valence-electron chi connectivity index (χ0n) is 12.2. The second-order valence-corrected chi connectivity index (χ2v) is 6.57. The van der Waals surface area contributed by atoms with Crippen LogP contribution in [0.3, 0.4) is 0 Å². The number of rotatable bonds is 6. The number of aromatic hydroxyl groups is 1. The highest BCUT2D eigenvalue weighted by Gasteiger charge is 2.40. The van der Waals surface area contributed by atoms with E-state index in [0.717, 1.165) is 16.7 Å². The van der Waals surface area contributed by atoms with Crippen molar-refractivity contribution in [2.75, 3.05) is 0 Å². The van der Waals surface area contributed by atoms with Crippen LogP contribution in [0.5, 0.6) is 5.75 Å². The second kappa shape index (κ2) is 7.45. The molecule has 24 heavy (non-hydrogen) atoms. The molecule has 0 saturated carbocycles. The van der Waals surface area contributed by atoms with Crippen molar-refractivity contribution in [1.82, 2.24) is 4.90 Å². The predicted molar refractivity (Wildman–Crippen MR) is 91.4 cm³/mol. The normalized spacial score (nSPS) is 17.3. The Bertz CT molecular complexity index is 745. The van der Waals surface area contributed by atoms with Gasteiger partial charge in [0, 0.05) is 12.0 Å². The summed E-state index contributed by atoms with van der Waals surface area (Å²) in [6, 6.07) is 5.02. The van der Waals surface area contributed by atoms with Gasteiger partial charge in [0.15, 0.2) is 0 Å². The molecule has 1 aromatic rings. The lowest BCUT2D eigenvalue weighted by Crippen LogP contribution is -2.44. The predicted octanol–water partition coefficient (Wildman–Crippen LogP) is 1.91. The molecule has 1 fully saturated rings. The Balaban J connectivity index is 2.28. The first-order valence-corrected chi connectivity index (χ1v) is 8.03. The van der Waals surface area contributed by atoms with E-state index in [4.69, 9.17) is 17.3 Å². The number of thioether (sulfide) groups is 1.